The lowest BCUT2D eigenvalue weighted by atomic mass is 10.0. The summed E-state index contributed by atoms with van der Waals surface area (Å²) in [6.07, 6.45) is -0.601. The molecule has 1 aliphatic heterocycles. The Hall–Kier alpha value is -0.780. The van der Waals surface area contributed by atoms with Gasteiger partial charge in [-0.1, -0.05) is 6.42 Å². The van der Waals surface area contributed by atoms with E-state index in [4.69, 9.17) is 0 Å². The van der Waals surface area contributed by atoms with Gasteiger partial charge in [-0.15, -0.1) is 11.3 Å². The maximum Gasteiger partial charge on any atom is 0.434 e. The molecule has 2 unspecified atom stereocenters. The van der Waals surface area contributed by atoms with Crippen LogP contribution in [0.3, 0.4) is 0 Å². The summed E-state index contributed by atoms with van der Waals surface area (Å²) in [6.45, 7) is 1.77. The van der Waals surface area contributed by atoms with Crippen LogP contribution in [0.4, 0.5) is 18.3 Å². The molecule has 1 aromatic rings. The largest absolute Gasteiger partial charge is 0.434 e. The van der Waals surface area contributed by atoms with Crippen LogP contribution in [0.1, 0.15) is 25.0 Å². The number of anilines is 1. The summed E-state index contributed by atoms with van der Waals surface area (Å²) in [5.41, 5.74) is -0.755. The van der Waals surface area contributed by atoms with E-state index < -0.39 is 11.9 Å². The van der Waals surface area contributed by atoms with Crippen LogP contribution in [0.5, 0.6) is 0 Å². The molecule has 0 radical (unpaired) electrons. The van der Waals surface area contributed by atoms with Crippen LogP contribution >= 0.6 is 11.3 Å². The summed E-state index contributed by atoms with van der Waals surface area (Å²) < 4.78 is 37.3. The molecule has 2 nitrogen and oxygen atoms in total. The van der Waals surface area contributed by atoms with Gasteiger partial charge in [0.05, 0.1) is 0 Å². The fourth-order valence-corrected chi connectivity index (χ4v) is 3.78. The Kier molecular flexibility index (Phi) is 2.57. The number of alkyl halides is 3. The van der Waals surface area contributed by atoms with E-state index in [0.29, 0.717) is 17.0 Å². The van der Waals surface area contributed by atoms with Crippen LogP contribution < -0.4 is 4.90 Å². The minimum Gasteiger partial charge on any atom is -0.348 e. The first-order valence-electron chi connectivity index (χ1n) is 5.82. The van der Waals surface area contributed by atoms with Crippen LogP contribution in [0.2, 0.25) is 0 Å². The van der Waals surface area contributed by atoms with Gasteiger partial charge in [-0.25, -0.2) is 4.98 Å². The van der Waals surface area contributed by atoms with Crippen molar-refractivity contribution in [1.82, 2.24) is 4.98 Å². The third-order valence-corrected chi connectivity index (χ3v) is 4.68. The number of hydrogen-bond acceptors (Lipinski definition) is 3. The topological polar surface area (TPSA) is 16.1 Å². The zero-order chi connectivity index (χ0) is 12.0. The normalized spacial score (nSPS) is 28.8. The molecule has 1 saturated heterocycles. The quantitative estimate of drug-likeness (QED) is 0.771. The molecule has 2 atom stereocenters. The van der Waals surface area contributed by atoms with E-state index in [1.807, 2.05) is 4.90 Å². The van der Waals surface area contributed by atoms with Gasteiger partial charge in [0.2, 0.25) is 0 Å². The van der Waals surface area contributed by atoms with Crippen molar-refractivity contribution in [1.29, 1.82) is 0 Å². The Morgan fingerprint density at radius 1 is 1.24 bits per heavy atom. The zero-order valence-electron chi connectivity index (χ0n) is 9.20. The first-order chi connectivity index (χ1) is 8.04. The predicted molar refractivity (Wildman–Crippen MR) is 60.2 cm³/mol. The van der Waals surface area contributed by atoms with Crippen molar-refractivity contribution in [2.24, 2.45) is 11.8 Å². The van der Waals surface area contributed by atoms with Gasteiger partial charge in [0.15, 0.2) is 10.8 Å². The first kappa shape index (κ1) is 11.3. The molecule has 0 spiro atoms. The molecular weight excluding hydrogens is 249 g/mol. The molecule has 6 heteroatoms. The molecule has 0 aromatic carbocycles. The number of fused-ring (bicyclic) bond motifs is 1. The van der Waals surface area contributed by atoms with Crippen molar-refractivity contribution in [3.63, 3.8) is 0 Å². The van der Waals surface area contributed by atoms with Crippen molar-refractivity contribution in [2.45, 2.75) is 25.4 Å². The molecular formula is C11H13F3N2S. The smallest absolute Gasteiger partial charge is 0.348 e. The summed E-state index contributed by atoms with van der Waals surface area (Å²) in [7, 11) is 0. The maximum absolute atomic E-state index is 12.4. The van der Waals surface area contributed by atoms with Gasteiger partial charge in [-0.2, -0.15) is 13.2 Å². The van der Waals surface area contributed by atoms with E-state index in [9.17, 15) is 13.2 Å². The lowest BCUT2D eigenvalue weighted by Gasteiger charge is -2.15. The fraction of sp³-hybridized carbons (Fsp3) is 0.727. The average molecular weight is 262 g/mol. The molecule has 1 aliphatic carbocycles. The van der Waals surface area contributed by atoms with E-state index in [1.165, 1.54) is 19.3 Å². The van der Waals surface area contributed by atoms with Crippen LogP contribution in [-0.4, -0.2) is 18.1 Å². The number of hydrogen-bond donors (Lipinski definition) is 0. The molecule has 0 amide bonds. The lowest BCUT2D eigenvalue weighted by molar-refractivity contribution is -0.140. The van der Waals surface area contributed by atoms with Gasteiger partial charge in [0, 0.05) is 18.5 Å². The Bertz CT molecular complexity index is 403. The van der Waals surface area contributed by atoms with Crippen molar-refractivity contribution in [2.75, 3.05) is 18.0 Å². The minimum absolute atomic E-state index is 0.534. The van der Waals surface area contributed by atoms with Crippen molar-refractivity contribution >= 4 is 16.5 Å². The summed E-state index contributed by atoms with van der Waals surface area (Å²) in [6, 6.07) is 0. The van der Waals surface area contributed by atoms with E-state index in [-0.39, 0.29) is 0 Å². The van der Waals surface area contributed by atoms with Gasteiger partial charge in [-0.05, 0) is 24.7 Å². The molecule has 94 valence electrons. The van der Waals surface area contributed by atoms with Crippen LogP contribution in [0.15, 0.2) is 5.38 Å². The van der Waals surface area contributed by atoms with Gasteiger partial charge >= 0.3 is 6.18 Å². The summed E-state index contributed by atoms with van der Waals surface area (Å²) in [5, 5.41) is 1.65. The second-order valence-corrected chi connectivity index (χ2v) is 5.71. The monoisotopic (exact) mass is 262 g/mol. The molecule has 2 heterocycles. The average Bonchev–Trinajstić information content (AvgIpc) is 2.90. The SMILES string of the molecule is FC(F)(F)c1csc(N2CC3CCCC3C2)n1. The van der Waals surface area contributed by atoms with E-state index >= 15 is 0 Å². The highest BCUT2D eigenvalue weighted by molar-refractivity contribution is 7.13. The molecule has 2 aliphatic rings. The number of rotatable bonds is 1. The van der Waals surface area contributed by atoms with Gasteiger partial charge in [0.25, 0.3) is 0 Å². The van der Waals surface area contributed by atoms with Crippen molar-refractivity contribution in [3.8, 4) is 0 Å². The standard InChI is InChI=1S/C11H13F3N2S/c12-11(13,14)9-6-17-10(15-9)16-4-7-2-1-3-8(7)5-16/h6-8H,1-5H2. The fourth-order valence-electron chi connectivity index (χ4n) is 2.93. The third-order valence-electron chi connectivity index (χ3n) is 3.78. The van der Waals surface area contributed by atoms with Gasteiger partial charge < -0.3 is 4.90 Å². The summed E-state index contributed by atoms with van der Waals surface area (Å²) in [5.74, 6) is 1.35. The zero-order valence-corrected chi connectivity index (χ0v) is 10.0. The first-order valence-corrected chi connectivity index (χ1v) is 6.69. The Labute approximate surface area is 101 Å². The molecule has 3 rings (SSSR count). The maximum atomic E-state index is 12.4. The molecule has 1 saturated carbocycles. The molecule has 0 bridgehead atoms. The lowest BCUT2D eigenvalue weighted by Crippen LogP contribution is -2.20. The van der Waals surface area contributed by atoms with Crippen LogP contribution in [-0.2, 0) is 6.18 Å². The predicted octanol–water partition coefficient (Wildman–Crippen LogP) is 3.40. The highest BCUT2D eigenvalue weighted by Gasteiger charge is 2.39. The van der Waals surface area contributed by atoms with Gasteiger partial charge in [-0.3, -0.25) is 0 Å². The van der Waals surface area contributed by atoms with Crippen LogP contribution in [0.25, 0.3) is 0 Å². The molecule has 17 heavy (non-hydrogen) atoms. The summed E-state index contributed by atoms with van der Waals surface area (Å²) in [4.78, 5) is 5.73. The third kappa shape index (κ3) is 2.03. The highest BCUT2D eigenvalue weighted by atomic mass is 32.1. The Balaban J connectivity index is 1.75. The minimum atomic E-state index is -4.32. The van der Waals surface area contributed by atoms with E-state index in [1.54, 1.807) is 0 Å². The highest BCUT2D eigenvalue weighted by Crippen LogP contribution is 2.41. The van der Waals surface area contributed by atoms with E-state index in [0.717, 1.165) is 29.8 Å². The van der Waals surface area contributed by atoms with Crippen molar-refractivity contribution < 1.29 is 13.2 Å². The Morgan fingerprint density at radius 2 is 1.88 bits per heavy atom. The second-order valence-electron chi connectivity index (χ2n) is 4.87. The number of halogens is 3. The number of thiazole rings is 1. The number of nitrogens with zero attached hydrogens (tertiary/aromatic N) is 2. The molecule has 0 N–H and O–H groups in total. The van der Waals surface area contributed by atoms with E-state index in [2.05, 4.69) is 4.98 Å². The second kappa shape index (κ2) is 3.86. The molecule has 1 aromatic heterocycles. The van der Waals surface area contributed by atoms with Crippen LogP contribution in [0, 0.1) is 11.8 Å². The number of aromatic nitrogens is 1. The Morgan fingerprint density at radius 3 is 2.41 bits per heavy atom. The van der Waals surface area contributed by atoms with Gasteiger partial charge in [0.1, 0.15) is 0 Å². The van der Waals surface area contributed by atoms with Crippen molar-refractivity contribution in [3.05, 3.63) is 11.1 Å². The molecule has 2 fully saturated rings. The summed E-state index contributed by atoms with van der Waals surface area (Å²) >= 11 is 1.11.